The predicted octanol–water partition coefficient (Wildman–Crippen LogP) is 2.91. The van der Waals surface area contributed by atoms with Gasteiger partial charge in [0.25, 0.3) is 0 Å². The van der Waals surface area contributed by atoms with Gasteiger partial charge in [-0.2, -0.15) is 0 Å². The van der Waals surface area contributed by atoms with E-state index in [1.807, 2.05) is 26.8 Å². The summed E-state index contributed by atoms with van der Waals surface area (Å²) >= 11 is 0. The number of esters is 1. The molecule has 4 nitrogen and oxygen atoms in total. The number of nitrogens with zero attached hydrogens (tertiary/aromatic N) is 1. The number of carbonyl (C=O) groups is 1. The fourth-order valence-electron chi connectivity index (χ4n) is 1.54. The first-order valence-corrected chi connectivity index (χ1v) is 5.42. The molecule has 1 aromatic heterocycles. The third kappa shape index (κ3) is 2.02. The van der Waals surface area contributed by atoms with E-state index in [4.69, 9.17) is 9.15 Å². The minimum Gasteiger partial charge on any atom is -0.465 e. The molecular formula is C13H15NO3. The number of para-hydroxylation sites is 1. The van der Waals surface area contributed by atoms with E-state index >= 15 is 0 Å². The van der Waals surface area contributed by atoms with Crippen molar-refractivity contribution in [2.24, 2.45) is 0 Å². The van der Waals surface area contributed by atoms with Gasteiger partial charge < -0.3 is 9.15 Å². The smallest absolute Gasteiger partial charge is 0.341 e. The van der Waals surface area contributed by atoms with Gasteiger partial charge >= 0.3 is 5.97 Å². The molecule has 0 aliphatic carbocycles. The Bertz CT molecular complexity index is 564. The largest absolute Gasteiger partial charge is 0.465 e. The summed E-state index contributed by atoms with van der Waals surface area (Å²) in [7, 11) is 1.35. The van der Waals surface area contributed by atoms with Crippen LogP contribution in [0, 0.1) is 0 Å². The van der Waals surface area contributed by atoms with E-state index in [1.165, 1.54) is 7.11 Å². The molecular weight excluding hydrogens is 218 g/mol. The standard InChI is InChI=1S/C13H15NO3/c1-13(2,3)12-14-9-7-5-6-8(10(9)17-12)11(15)16-4/h5-7H,1-4H3. The third-order valence-electron chi connectivity index (χ3n) is 2.46. The van der Waals surface area contributed by atoms with Crippen LogP contribution in [0.3, 0.4) is 0 Å². The van der Waals surface area contributed by atoms with Gasteiger partial charge in [0.05, 0.1) is 7.11 Å². The van der Waals surface area contributed by atoms with Crippen LogP contribution in [0.1, 0.15) is 37.0 Å². The van der Waals surface area contributed by atoms with E-state index in [1.54, 1.807) is 12.1 Å². The van der Waals surface area contributed by atoms with Crippen LogP contribution in [0.5, 0.6) is 0 Å². The first kappa shape index (κ1) is 11.6. The Morgan fingerprint density at radius 3 is 2.65 bits per heavy atom. The van der Waals surface area contributed by atoms with E-state index in [-0.39, 0.29) is 5.41 Å². The molecule has 90 valence electrons. The van der Waals surface area contributed by atoms with Crippen LogP contribution in [-0.2, 0) is 10.2 Å². The van der Waals surface area contributed by atoms with Gasteiger partial charge in [0.15, 0.2) is 5.58 Å². The highest BCUT2D eigenvalue weighted by Crippen LogP contribution is 2.27. The van der Waals surface area contributed by atoms with Crippen LogP contribution in [-0.4, -0.2) is 18.1 Å². The number of oxazole rings is 1. The summed E-state index contributed by atoms with van der Waals surface area (Å²) in [5.74, 6) is 0.205. The van der Waals surface area contributed by atoms with E-state index in [2.05, 4.69) is 4.98 Å². The second-order valence-corrected chi connectivity index (χ2v) is 4.91. The summed E-state index contributed by atoms with van der Waals surface area (Å²) in [5.41, 5.74) is 1.39. The maximum Gasteiger partial charge on any atom is 0.341 e. The Morgan fingerprint density at radius 2 is 2.06 bits per heavy atom. The number of methoxy groups -OCH3 is 1. The van der Waals surface area contributed by atoms with E-state index in [0.717, 1.165) is 0 Å². The molecule has 0 saturated heterocycles. The lowest BCUT2D eigenvalue weighted by molar-refractivity contribution is 0.0601. The SMILES string of the molecule is COC(=O)c1cccc2nc(C(C)(C)C)oc12. The number of carbonyl (C=O) groups excluding carboxylic acids is 1. The molecule has 0 amide bonds. The fourth-order valence-corrected chi connectivity index (χ4v) is 1.54. The molecule has 0 aliphatic rings. The van der Waals surface area contributed by atoms with Crippen molar-refractivity contribution in [3.8, 4) is 0 Å². The van der Waals surface area contributed by atoms with Crippen LogP contribution in [0.2, 0.25) is 0 Å². The first-order valence-electron chi connectivity index (χ1n) is 5.42. The van der Waals surface area contributed by atoms with Crippen molar-refractivity contribution in [2.45, 2.75) is 26.2 Å². The van der Waals surface area contributed by atoms with Gasteiger partial charge in [-0.15, -0.1) is 0 Å². The quantitative estimate of drug-likeness (QED) is 0.710. The van der Waals surface area contributed by atoms with Crippen LogP contribution < -0.4 is 0 Å². The zero-order chi connectivity index (χ0) is 12.6. The summed E-state index contributed by atoms with van der Waals surface area (Å²) in [5, 5.41) is 0. The molecule has 0 bridgehead atoms. The normalized spacial score (nSPS) is 11.8. The zero-order valence-electron chi connectivity index (χ0n) is 10.4. The zero-order valence-corrected chi connectivity index (χ0v) is 10.4. The lowest BCUT2D eigenvalue weighted by atomic mass is 9.97. The van der Waals surface area contributed by atoms with Gasteiger partial charge in [0.1, 0.15) is 11.1 Å². The van der Waals surface area contributed by atoms with Crippen LogP contribution in [0.15, 0.2) is 22.6 Å². The molecule has 1 aromatic carbocycles. The second kappa shape index (κ2) is 3.87. The maximum atomic E-state index is 11.6. The molecule has 0 saturated carbocycles. The molecule has 0 fully saturated rings. The Balaban J connectivity index is 2.65. The number of fused-ring (bicyclic) bond motifs is 1. The molecule has 0 N–H and O–H groups in total. The number of hydrogen-bond donors (Lipinski definition) is 0. The Labute approximate surface area is 99.6 Å². The molecule has 4 heteroatoms. The van der Waals surface area contributed by atoms with Crippen molar-refractivity contribution < 1.29 is 13.9 Å². The minimum atomic E-state index is -0.410. The lowest BCUT2D eigenvalue weighted by Gasteiger charge is -2.11. The van der Waals surface area contributed by atoms with E-state index < -0.39 is 5.97 Å². The number of benzene rings is 1. The number of ether oxygens (including phenoxy) is 1. The van der Waals surface area contributed by atoms with Crippen molar-refractivity contribution in [3.63, 3.8) is 0 Å². The van der Waals surface area contributed by atoms with Crippen molar-refractivity contribution in [2.75, 3.05) is 7.11 Å². The minimum absolute atomic E-state index is 0.188. The van der Waals surface area contributed by atoms with Crippen molar-refractivity contribution >= 4 is 17.1 Å². The number of aromatic nitrogens is 1. The maximum absolute atomic E-state index is 11.6. The average molecular weight is 233 g/mol. The van der Waals surface area contributed by atoms with Gasteiger partial charge in [-0.25, -0.2) is 9.78 Å². The molecule has 1 heterocycles. The molecule has 2 rings (SSSR count). The highest BCUT2D eigenvalue weighted by molar-refractivity contribution is 6.00. The number of hydrogen-bond acceptors (Lipinski definition) is 4. The molecule has 2 aromatic rings. The summed E-state index contributed by atoms with van der Waals surface area (Å²) in [6.07, 6.45) is 0. The average Bonchev–Trinajstić information content (AvgIpc) is 2.71. The highest BCUT2D eigenvalue weighted by atomic mass is 16.5. The topological polar surface area (TPSA) is 52.3 Å². The second-order valence-electron chi connectivity index (χ2n) is 4.91. The Morgan fingerprint density at radius 1 is 1.35 bits per heavy atom. The first-order chi connectivity index (χ1) is 7.93. The van der Waals surface area contributed by atoms with Crippen molar-refractivity contribution in [3.05, 3.63) is 29.7 Å². The summed E-state index contributed by atoms with van der Waals surface area (Å²) in [4.78, 5) is 16.0. The fraction of sp³-hybridized carbons (Fsp3) is 0.385. The monoisotopic (exact) mass is 233 g/mol. The highest BCUT2D eigenvalue weighted by Gasteiger charge is 2.23. The summed E-state index contributed by atoms with van der Waals surface area (Å²) in [6.45, 7) is 6.03. The van der Waals surface area contributed by atoms with Crippen LogP contribution >= 0.6 is 0 Å². The van der Waals surface area contributed by atoms with Gasteiger partial charge in [-0.05, 0) is 12.1 Å². The van der Waals surface area contributed by atoms with Crippen molar-refractivity contribution in [1.29, 1.82) is 0 Å². The van der Waals surface area contributed by atoms with Gasteiger partial charge in [0, 0.05) is 5.41 Å². The van der Waals surface area contributed by atoms with Crippen LogP contribution in [0.4, 0.5) is 0 Å². The van der Waals surface area contributed by atoms with Gasteiger partial charge in [0.2, 0.25) is 5.89 Å². The predicted molar refractivity (Wildman–Crippen MR) is 64.0 cm³/mol. The summed E-state index contributed by atoms with van der Waals surface area (Å²) < 4.78 is 10.4. The molecule has 0 aliphatic heterocycles. The Hall–Kier alpha value is -1.84. The van der Waals surface area contributed by atoms with E-state index in [9.17, 15) is 4.79 Å². The lowest BCUT2D eigenvalue weighted by Crippen LogP contribution is -2.11. The third-order valence-corrected chi connectivity index (χ3v) is 2.46. The Kier molecular flexibility index (Phi) is 2.65. The van der Waals surface area contributed by atoms with Crippen LogP contribution in [0.25, 0.3) is 11.1 Å². The van der Waals surface area contributed by atoms with E-state index in [0.29, 0.717) is 22.6 Å². The molecule has 0 radical (unpaired) electrons. The summed E-state index contributed by atoms with van der Waals surface area (Å²) in [6, 6.07) is 5.26. The number of rotatable bonds is 1. The molecule has 0 unspecified atom stereocenters. The van der Waals surface area contributed by atoms with Gasteiger partial charge in [-0.1, -0.05) is 26.8 Å². The molecule has 17 heavy (non-hydrogen) atoms. The van der Waals surface area contributed by atoms with Crippen molar-refractivity contribution in [1.82, 2.24) is 4.98 Å². The van der Waals surface area contributed by atoms with Gasteiger partial charge in [-0.3, -0.25) is 0 Å². The molecule has 0 atom stereocenters. The molecule has 0 spiro atoms.